The van der Waals surface area contributed by atoms with E-state index in [-0.39, 0.29) is 0 Å². The van der Waals surface area contributed by atoms with E-state index in [1.54, 1.807) is 11.1 Å². The van der Waals surface area contributed by atoms with Crippen molar-refractivity contribution in [1.29, 1.82) is 0 Å². The Morgan fingerprint density at radius 1 is 0.571 bits per heavy atom. The summed E-state index contributed by atoms with van der Waals surface area (Å²) in [6.07, 6.45) is 6.57. The maximum Gasteiger partial charge on any atom is 0.0208 e. The zero-order valence-corrected chi connectivity index (χ0v) is 19.2. The van der Waals surface area contributed by atoms with E-state index in [9.17, 15) is 0 Å². The standard InChI is InChI=1S/C10H12.C9H11N.2C4H10/c1-2-6-10-8-4-3-7-9(10)5-1;1-2-4-9-7-10-6-5-8(9)3-1;2*1-4(2)3/h1-2,5-6H,3-4,7-8H2;1-4,10H,5-7H2;2*4H,1-3H3. The zero-order valence-electron chi connectivity index (χ0n) is 19.2. The van der Waals surface area contributed by atoms with Crippen LogP contribution in [0.2, 0.25) is 0 Å². The first-order chi connectivity index (χ1) is 13.4. The van der Waals surface area contributed by atoms with Crippen LogP contribution in [0.4, 0.5) is 0 Å². The van der Waals surface area contributed by atoms with Crippen molar-refractivity contribution in [3.05, 3.63) is 70.8 Å². The largest absolute Gasteiger partial charge is 0.312 e. The zero-order chi connectivity index (χ0) is 20.8. The van der Waals surface area contributed by atoms with Crippen molar-refractivity contribution in [3.8, 4) is 0 Å². The number of aryl methyl sites for hydroxylation is 2. The summed E-state index contributed by atoms with van der Waals surface area (Å²) in [6.45, 7) is 15.2. The van der Waals surface area contributed by atoms with Gasteiger partial charge in [-0.05, 0) is 72.7 Å². The van der Waals surface area contributed by atoms with Crippen molar-refractivity contribution in [3.63, 3.8) is 0 Å². The van der Waals surface area contributed by atoms with Crippen molar-refractivity contribution in [2.45, 2.75) is 80.2 Å². The molecular weight excluding hydrogens is 338 g/mol. The fourth-order valence-corrected chi connectivity index (χ4v) is 3.10. The van der Waals surface area contributed by atoms with Crippen LogP contribution in [0, 0.1) is 11.8 Å². The molecule has 0 saturated carbocycles. The first kappa shape index (κ1) is 24.4. The van der Waals surface area contributed by atoms with Crippen LogP contribution in [0.15, 0.2) is 48.5 Å². The number of nitrogens with one attached hydrogen (secondary N) is 1. The van der Waals surface area contributed by atoms with E-state index in [1.807, 2.05) is 0 Å². The molecule has 1 aliphatic heterocycles. The number of hydrogen-bond acceptors (Lipinski definition) is 1. The molecule has 28 heavy (non-hydrogen) atoms. The first-order valence-corrected chi connectivity index (χ1v) is 11.2. The van der Waals surface area contributed by atoms with Crippen LogP contribution < -0.4 is 5.32 Å². The molecule has 1 nitrogen and oxygen atoms in total. The van der Waals surface area contributed by atoms with Gasteiger partial charge in [0.2, 0.25) is 0 Å². The van der Waals surface area contributed by atoms with Gasteiger partial charge in [-0.1, -0.05) is 90.1 Å². The second-order valence-electron chi connectivity index (χ2n) is 9.14. The van der Waals surface area contributed by atoms with Crippen LogP contribution in [-0.2, 0) is 25.8 Å². The predicted molar refractivity (Wildman–Crippen MR) is 126 cm³/mol. The van der Waals surface area contributed by atoms with Gasteiger partial charge in [-0.25, -0.2) is 0 Å². The van der Waals surface area contributed by atoms with Crippen molar-refractivity contribution in [1.82, 2.24) is 5.32 Å². The smallest absolute Gasteiger partial charge is 0.0208 e. The Morgan fingerprint density at radius 3 is 1.32 bits per heavy atom. The monoisotopic (exact) mass is 381 g/mol. The summed E-state index contributed by atoms with van der Waals surface area (Å²) in [5.74, 6) is 1.67. The lowest BCUT2D eigenvalue weighted by Crippen LogP contribution is -2.23. The van der Waals surface area contributed by atoms with E-state index in [0.717, 1.165) is 24.9 Å². The van der Waals surface area contributed by atoms with Gasteiger partial charge >= 0.3 is 0 Å². The molecule has 0 fully saturated rings. The fraction of sp³-hybridized carbons (Fsp3) is 0.556. The second kappa shape index (κ2) is 14.4. The Kier molecular flexibility index (Phi) is 12.6. The Morgan fingerprint density at radius 2 is 0.929 bits per heavy atom. The third-order valence-corrected chi connectivity index (χ3v) is 4.27. The Hall–Kier alpha value is -1.60. The molecule has 0 amide bonds. The molecule has 1 aliphatic carbocycles. The molecule has 1 N–H and O–H groups in total. The van der Waals surface area contributed by atoms with Gasteiger partial charge in [-0.3, -0.25) is 0 Å². The maximum atomic E-state index is 3.34. The highest BCUT2D eigenvalue weighted by molar-refractivity contribution is 5.29. The van der Waals surface area contributed by atoms with Crippen LogP contribution in [0.5, 0.6) is 0 Å². The van der Waals surface area contributed by atoms with Crippen LogP contribution in [-0.4, -0.2) is 6.54 Å². The van der Waals surface area contributed by atoms with Gasteiger partial charge in [0.15, 0.2) is 0 Å². The highest BCUT2D eigenvalue weighted by atomic mass is 14.9. The predicted octanol–water partition coefficient (Wildman–Crippen LogP) is 7.22. The summed E-state index contributed by atoms with van der Waals surface area (Å²) in [7, 11) is 0. The Labute approximate surface area is 175 Å². The van der Waals surface area contributed by atoms with Crippen molar-refractivity contribution in [2.24, 2.45) is 11.8 Å². The summed E-state index contributed by atoms with van der Waals surface area (Å²) in [6, 6.07) is 17.4. The van der Waals surface area contributed by atoms with Crippen LogP contribution in [0.1, 0.15) is 76.6 Å². The molecule has 156 valence electrons. The minimum absolute atomic E-state index is 0.833. The molecule has 1 heteroatoms. The average molecular weight is 382 g/mol. The lowest BCUT2D eigenvalue weighted by Gasteiger charge is -2.15. The summed E-state index contributed by atoms with van der Waals surface area (Å²) >= 11 is 0. The highest BCUT2D eigenvalue weighted by Gasteiger charge is 2.06. The van der Waals surface area contributed by atoms with Crippen LogP contribution >= 0.6 is 0 Å². The Balaban J connectivity index is 0.000000206. The first-order valence-electron chi connectivity index (χ1n) is 11.2. The van der Waals surface area contributed by atoms with E-state index >= 15 is 0 Å². The molecule has 0 saturated heterocycles. The second-order valence-corrected chi connectivity index (χ2v) is 9.14. The van der Waals surface area contributed by atoms with E-state index in [1.165, 1.54) is 43.2 Å². The summed E-state index contributed by atoms with van der Waals surface area (Å²) < 4.78 is 0. The topological polar surface area (TPSA) is 12.0 Å². The van der Waals surface area contributed by atoms with Gasteiger partial charge in [-0.15, -0.1) is 0 Å². The molecule has 2 aliphatic rings. The van der Waals surface area contributed by atoms with Gasteiger partial charge in [0.1, 0.15) is 0 Å². The SMILES string of the molecule is CC(C)C.CC(C)C.c1ccc2c(c1)CCCC2.c1ccc2c(c1)CCNC2. The molecule has 0 atom stereocenters. The van der Waals surface area contributed by atoms with E-state index in [0.29, 0.717) is 0 Å². The molecule has 0 bridgehead atoms. The van der Waals surface area contributed by atoms with Gasteiger partial charge < -0.3 is 5.32 Å². The minimum atomic E-state index is 0.833. The van der Waals surface area contributed by atoms with Crippen LogP contribution in [0.3, 0.4) is 0 Å². The van der Waals surface area contributed by atoms with Crippen molar-refractivity contribution in [2.75, 3.05) is 6.54 Å². The Bertz CT molecular complexity index is 529. The van der Waals surface area contributed by atoms with Crippen molar-refractivity contribution >= 4 is 0 Å². The maximum absolute atomic E-state index is 3.34. The lowest BCUT2D eigenvalue weighted by atomic mass is 9.92. The molecule has 1 heterocycles. The summed E-state index contributed by atoms with van der Waals surface area (Å²) in [5, 5.41) is 3.34. The number of rotatable bonds is 0. The highest BCUT2D eigenvalue weighted by Crippen LogP contribution is 2.19. The molecule has 0 unspecified atom stereocenters. The molecule has 2 aromatic rings. The fourth-order valence-electron chi connectivity index (χ4n) is 3.10. The molecule has 0 radical (unpaired) electrons. The van der Waals surface area contributed by atoms with E-state index in [4.69, 9.17) is 0 Å². The van der Waals surface area contributed by atoms with Gasteiger partial charge in [-0.2, -0.15) is 0 Å². The molecule has 4 rings (SSSR count). The van der Waals surface area contributed by atoms with E-state index < -0.39 is 0 Å². The minimum Gasteiger partial charge on any atom is -0.312 e. The van der Waals surface area contributed by atoms with Crippen molar-refractivity contribution < 1.29 is 0 Å². The third-order valence-electron chi connectivity index (χ3n) is 4.27. The van der Waals surface area contributed by atoms with Gasteiger partial charge in [0, 0.05) is 6.54 Å². The lowest BCUT2D eigenvalue weighted by molar-refractivity contribution is 0.644. The molecule has 0 spiro atoms. The van der Waals surface area contributed by atoms with Crippen LogP contribution in [0.25, 0.3) is 0 Å². The number of fused-ring (bicyclic) bond motifs is 2. The summed E-state index contributed by atoms with van der Waals surface area (Å²) in [5.41, 5.74) is 6.14. The number of benzene rings is 2. The van der Waals surface area contributed by atoms with Gasteiger partial charge in [0.05, 0.1) is 0 Å². The van der Waals surface area contributed by atoms with E-state index in [2.05, 4.69) is 95.4 Å². The molecule has 2 aromatic carbocycles. The average Bonchev–Trinajstić information content (AvgIpc) is 2.68. The molecular formula is C27H43N. The summed E-state index contributed by atoms with van der Waals surface area (Å²) in [4.78, 5) is 0. The molecule has 0 aromatic heterocycles. The van der Waals surface area contributed by atoms with Gasteiger partial charge in [0.25, 0.3) is 0 Å². The normalized spacial score (nSPS) is 14.3. The number of hydrogen-bond donors (Lipinski definition) is 1. The third kappa shape index (κ3) is 11.3. The quantitative estimate of drug-likeness (QED) is 0.508.